The molecule has 0 aromatic heterocycles. The van der Waals surface area contributed by atoms with E-state index in [0.29, 0.717) is 11.1 Å². The van der Waals surface area contributed by atoms with Gasteiger partial charge in [-0.1, -0.05) is 6.58 Å². The number of hydrogen-bond acceptors (Lipinski definition) is 8. The van der Waals surface area contributed by atoms with Gasteiger partial charge in [-0.15, -0.1) is 0 Å². The van der Waals surface area contributed by atoms with Gasteiger partial charge in [0.1, 0.15) is 12.7 Å². The van der Waals surface area contributed by atoms with Gasteiger partial charge in [-0.25, -0.2) is 9.59 Å². The van der Waals surface area contributed by atoms with Gasteiger partial charge in [0, 0.05) is 18.6 Å². The van der Waals surface area contributed by atoms with Gasteiger partial charge in [-0.05, 0) is 37.5 Å². The van der Waals surface area contributed by atoms with Gasteiger partial charge in [0.2, 0.25) is 0 Å². The van der Waals surface area contributed by atoms with E-state index in [9.17, 15) is 19.2 Å². The van der Waals surface area contributed by atoms with Crippen molar-refractivity contribution in [1.82, 2.24) is 0 Å². The van der Waals surface area contributed by atoms with Crippen LogP contribution in [-0.4, -0.2) is 49.8 Å². The Bertz CT molecular complexity index is 697. The first-order valence-electron chi connectivity index (χ1n) is 8.60. The predicted octanol–water partition coefficient (Wildman–Crippen LogP) is 1.40. The first-order valence-corrected chi connectivity index (χ1v) is 8.60. The summed E-state index contributed by atoms with van der Waals surface area (Å²) in [5, 5.41) is 0. The molecule has 2 rings (SSSR count). The number of cyclic esters (lactones) is 2. The van der Waals surface area contributed by atoms with Crippen molar-refractivity contribution in [2.45, 2.75) is 32.8 Å². The van der Waals surface area contributed by atoms with Crippen LogP contribution in [0.25, 0.3) is 0 Å². The minimum absolute atomic E-state index is 0.0370. The van der Waals surface area contributed by atoms with Crippen molar-refractivity contribution in [3.8, 4) is 0 Å². The van der Waals surface area contributed by atoms with Crippen LogP contribution in [0.1, 0.15) is 26.7 Å². The van der Waals surface area contributed by atoms with Crippen LogP contribution in [-0.2, 0) is 38.1 Å². The zero-order valence-corrected chi connectivity index (χ0v) is 15.3. The van der Waals surface area contributed by atoms with Crippen LogP contribution in [0.4, 0.5) is 0 Å². The number of esters is 4. The third kappa shape index (κ3) is 4.64. The van der Waals surface area contributed by atoms with Gasteiger partial charge in [0.15, 0.2) is 5.41 Å². The fourth-order valence-electron chi connectivity index (χ4n) is 2.94. The van der Waals surface area contributed by atoms with E-state index in [-0.39, 0.29) is 32.7 Å². The van der Waals surface area contributed by atoms with E-state index in [1.807, 2.05) is 0 Å². The lowest BCUT2D eigenvalue weighted by Crippen LogP contribution is -2.46. The zero-order valence-electron chi connectivity index (χ0n) is 15.3. The molecule has 0 saturated heterocycles. The zero-order chi connectivity index (χ0) is 20.0. The van der Waals surface area contributed by atoms with Crippen LogP contribution in [0.3, 0.4) is 0 Å². The molecule has 0 saturated carbocycles. The molecule has 0 radical (unpaired) electrons. The molecule has 2 aliphatic rings. The van der Waals surface area contributed by atoms with Crippen molar-refractivity contribution in [3.05, 3.63) is 36.0 Å². The molecule has 2 heterocycles. The van der Waals surface area contributed by atoms with Crippen LogP contribution in [0.5, 0.6) is 0 Å². The van der Waals surface area contributed by atoms with Gasteiger partial charge >= 0.3 is 23.9 Å². The summed E-state index contributed by atoms with van der Waals surface area (Å²) in [6.07, 6.45) is 2.64. The van der Waals surface area contributed by atoms with Gasteiger partial charge in [0.25, 0.3) is 0 Å². The molecule has 8 nitrogen and oxygen atoms in total. The van der Waals surface area contributed by atoms with Crippen molar-refractivity contribution in [3.63, 3.8) is 0 Å². The Kier molecular flexibility index (Phi) is 6.55. The van der Waals surface area contributed by atoms with Gasteiger partial charge < -0.3 is 18.9 Å². The van der Waals surface area contributed by atoms with Crippen LogP contribution < -0.4 is 0 Å². The topological polar surface area (TPSA) is 105 Å². The number of hydrogen-bond donors (Lipinski definition) is 0. The van der Waals surface area contributed by atoms with Crippen LogP contribution in [0.15, 0.2) is 36.0 Å². The molecule has 0 aromatic rings. The second-order valence-electron chi connectivity index (χ2n) is 6.15. The molecule has 0 N–H and O–H groups in total. The first kappa shape index (κ1) is 20.4. The van der Waals surface area contributed by atoms with Gasteiger partial charge in [-0.2, -0.15) is 0 Å². The molecule has 27 heavy (non-hydrogen) atoms. The molecule has 0 bridgehead atoms. The van der Waals surface area contributed by atoms with Crippen LogP contribution in [0, 0.1) is 5.41 Å². The molecule has 0 aliphatic carbocycles. The van der Waals surface area contributed by atoms with Crippen molar-refractivity contribution in [2.24, 2.45) is 5.41 Å². The van der Waals surface area contributed by atoms with E-state index in [1.165, 1.54) is 18.2 Å². The summed E-state index contributed by atoms with van der Waals surface area (Å²) in [7, 11) is 0. The third-order valence-corrected chi connectivity index (χ3v) is 4.22. The Hall–Kier alpha value is -2.90. The van der Waals surface area contributed by atoms with E-state index >= 15 is 0 Å². The largest absolute Gasteiger partial charge is 0.465 e. The molecule has 8 heteroatoms. The lowest BCUT2D eigenvalue weighted by molar-refractivity contribution is -0.176. The summed E-state index contributed by atoms with van der Waals surface area (Å²) >= 11 is 0. The predicted molar refractivity (Wildman–Crippen MR) is 92.1 cm³/mol. The lowest BCUT2D eigenvalue weighted by Gasteiger charge is -2.33. The van der Waals surface area contributed by atoms with E-state index in [0.717, 1.165) is 0 Å². The molecule has 0 amide bonds. The van der Waals surface area contributed by atoms with Gasteiger partial charge in [-0.3, -0.25) is 9.59 Å². The maximum Gasteiger partial charge on any atom is 0.331 e. The van der Waals surface area contributed by atoms with Gasteiger partial charge in [0.05, 0.1) is 13.2 Å². The smallest absolute Gasteiger partial charge is 0.331 e. The molecule has 0 spiro atoms. The summed E-state index contributed by atoms with van der Waals surface area (Å²) in [6.45, 7) is 7.07. The molecule has 0 fully saturated rings. The second kappa shape index (κ2) is 8.66. The highest BCUT2D eigenvalue weighted by atomic mass is 16.6. The van der Waals surface area contributed by atoms with Crippen molar-refractivity contribution < 1.29 is 38.1 Å². The lowest BCUT2D eigenvalue weighted by atomic mass is 9.75. The van der Waals surface area contributed by atoms with E-state index < -0.39 is 35.4 Å². The monoisotopic (exact) mass is 378 g/mol. The highest BCUT2D eigenvalue weighted by Gasteiger charge is 2.52. The summed E-state index contributed by atoms with van der Waals surface area (Å²) < 4.78 is 20.4. The standard InChI is InChI=1S/C19H22O8/c1-4-24-17(22)19(18(23)25-5-2,9-13-8-16(21)26-11-13)10-14-12(3)6-7-15(20)27-14/h6-8,14H,3-5,9-11H2,1-2H3/t14-/m0/s1. The maximum absolute atomic E-state index is 12.8. The van der Waals surface area contributed by atoms with E-state index in [1.54, 1.807) is 13.8 Å². The maximum atomic E-state index is 12.8. The fourth-order valence-corrected chi connectivity index (χ4v) is 2.94. The number of ether oxygens (including phenoxy) is 4. The highest BCUT2D eigenvalue weighted by molar-refractivity contribution is 6.01. The Morgan fingerprint density at radius 1 is 1.15 bits per heavy atom. The van der Waals surface area contributed by atoms with Crippen LogP contribution in [0.2, 0.25) is 0 Å². The molecular formula is C19H22O8. The second-order valence-corrected chi connectivity index (χ2v) is 6.15. The Morgan fingerprint density at radius 2 is 1.78 bits per heavy atom. The molecule has 0 unspecified atom stereocenters. The summed E-state index contributed by atoms with van der Waals surface area (Å²) in [5.41, 5.74) is -0.921. The van der Waals surface area contributed by atoms with E-state index in [4.69, 9.17) is 18.9 Å². The normalized spacial score (nSPS) is 19.3. The number of carbonyl (C=O) groups excluding carboxylic acids is 4. The van der Waals surface area contributed by atoms with Crippen molar-refractivity contribution >= 4 is 23.9 Å². The summed E-state index contributed by atoms with van der Waals surface area (Å²) in [4.78, 5) is 48.7. The number of carbonyl (C=O) groups is 4. The molecule has 1 atom stereocenters. The quantitative estimate of drug-likeness (QED) is 0.355. The average Bonchev–Trinajstić information content (AvgIpc) is 3.02. The van der Waals surface area contributed by atoms with Crippen molar-refractivity contribution in [2.75, 3.05) is 19.8 Å². The minimum atomic E-state index is -1.80. The third-order valence-electron chi connectivity index (χ3n) is 4.22. The molecular weight excluding hydrogens is 356 g/mol. The Labute approximate surface area is 156 Å². The minimum Gasteiger partial charge on any atom is -0.465 e. The fraction of sp³-hybridized carbons (Fsp3) is 0.474. The Balaban J connectivity index is 2.43. The van der Waals surface area contributed by atoms with Crippen molar-refractivity contribution in [1.29, 1.82) is 0 Å². The highest BCUT2D eigenvalue weighted by Crippen LogP contribution is 2.39. The molecule has 0 aromatic carbocycles. The molecule has 2 aliphatic heterocycles. The SMILES string of the molecule is C=C1C=CC(=O)O[C@H]1CC(CC1=CC(=O)OC1)(C(=O)OCC)C(=O)OCC. The molecule has 146 valence electrons. The Morgan fingerprint density at radius 3 is 2.30 bits per heavy atom. The summed E-state index contributed by atoms with van der Waals surface area (Å²) in [6, 6.07) is 0. The number of rotatable bonds is 8. The van der Waals surface area contributed by atoms with E-state index in [2.05, 4.69) is 6.58 Å². The first-order chi connectivity index (χ1) is 12.8. The van der Waals surface area contributed by atoms with Crippen LogP contribution >= 0.6 is 0 Å². The summed E-state index contributed by atoms with van der Waals surface area (Å²) in [5.74, 6) is -2.79. The average molecular weight is 378 g/mol.